The van der Waals surface area contributed by atoms with E-state index in [0.29, 0.717) is 11.9 Å². The monoisotopic (exact) mass is 296 g/mol. The van der Waals surface area contributed by atoms with Crippen molar-refractivity contribution in [1.82, 2.24) is 14.7 Å². The van der Waals surface area contributed by atoms with E-state index in [4.69, 9.17) is 5.73 Å². The summed E-state index contributed by atoms with van der Waals surface area (Å²) >= 11 is 0. The Bertz CT molecular complexity index is 341. The molecule has 2 unspecified atom stereocenters. The molecule has 2 atom stereocenters. The lowest BCUT2D eigenvalue weighted by atomic mass is 10.0. The molecule has 1 saturated heterocycles. The molecule has 1 saturated carbocycles. The lowest BCUT2D eigenvalue weighted by Crippen LogP contribution is -2.45. The van der Waals surface area contributed by atoms with E-state index in [1.54, 1.807) is 0 Å². The van der Waals surface area contributed by atoms with E-state index in [9.17, 15) is 4.79 Å². The van der Waals surface area contributed by atoms with E-state index in [-0.39, 0.29) is 12.0 Å². The van der Waals surface area contributed by atoms with Gasteiger partial charge in [0.25, 0.3) is 0 Å². The van der Waals surface area contributed by atoms with Crippen molar-refractivity contribution < 1.29 is 4.79 Å². The van der Waals surface area contributed by atoms with Crippen LogP contribution in [-0.4, -0.2) is 80.0 Å². The minimum Gasteiger partial charge on any atom is -0.344 e. The smallest absolute Gasteiger partial charge is 0.225 e. The van der Waals surface area contributed by atoms with Crippen LogP contribution >= 0.6 is 0 Å². The number of amides is 1. The fraction of sp³-hybridized carbons (Fsp3) is 0.938. The summed E-state index contributed by atoms with van der Waals surface area (Å²) in [6.45, 7) is 4.16. The third-order valence-corrected chi connectivity index (χ3v) is 5.30. The maximum atomic E-state index is 12.4. The van der Waals surface area contributed by atoms with Crippen LogP contribution in [0.1, 0.15) is 32.1 Å². The molecule has 2 N–H and O–H groups in total. The summed E-state index contributed by atoms with van der Waals surface area (Å²) in [4.78, 5) is 19.1. The first-order valence-electron chi connectivity index (χ1n) is 8.36. The second-order valence-corrected chi connectivity index (χ2v) is 7.04. The molecular weight excluding hydrogens is 264 g/mol. The minimum atomic E-state index is 0.165. The Morgan fingerprint density at radius 3 is 2.38 bits per heavy atom. The van der Waals surface area contributed by atoms with E-state index in [1.807, 2.05) is 11.9 Å². The summed E-state index contributed by atoms with van der Waals surface area (Å²) < 4.78 is 0. The fourth-order valence-electron chi connectivity index (χ4n) is 3.59. The molecule has 0 aromatic rings. The predicted octanol–water partition coefficient (Wildman–Crippen LogP) is 0.598. The quantitative estimate of drug-likeness (QED) is 0.807. The SMILES string of the molecule is CN1CCC(N(C)CCN(C)C(=O)C2CCC(N)C2)CC1. The molecule has 1 aliphatic heterocycles. The van der Waals surface area contributed by atoms with E-state index >= 15 is 0 Å². The lowest BCUT2D eigenvalue weighted by Gasteiger charge is -2.36. The van der Waals surface area contributed by atoms with Gasteiger partial charge in [0.1, 0.15) is 0 Å². The highest BCUT2D eigenvalue weighted by atomic mass is 16.2. The van der Waals surface area contributed by atoms with Gasteiger partial charge in [0.05, 0.1) is 0 Å². The zero-order valence-corrected chi connectivity index (χ0v) is 13.9. The molecule has 2 rings (SSSR count). The van der Waals surface area contributed by atoms with Crippen molar-refractivity contribution in [3.8, 4) is 0 Å². The first-order valence-corrected chi connectivity index (χ1v) is 8.36. The molecule has 1 aliphatic carbocycles. The molecule has 0 aromatic heterocycles. The van der Waals surface area contributed by atoms with Crippen LogP contribution < -0.4 is 5.73 Å². The normalized spacial score (nSPS) is 28.2. The number of likely N-dealkylation sites (N-methyl/N-ethyl adjacent to an activating group) is 2. The van der Waals surface area contributed by atoms with Crippen molar-refractivity contribution in [3.63, 3.8) is 0 Å². The zero-order valence-electron chi connectivity index (χ0n) is 13.9. The Kier molecular flexibility index (Phi) is 6.02. The summed E-state index contributed by atoms with van der Waals surface area (Å²) in [5.41, 5.74) is 5.91. The van der Waals surface area contributed by atoms with Gasteiger partial charge in [-0.15, -0.1) is 0 Å². The lowest BCUT2D eigenvalue weighted by molar-refractivity contribution is -0.134. The van der Waals surface area contributed by atoms with Crippen LogP contribution in [0.4, 0.5) is 0 Å². The summed E-state index contributed by atoms with van der Waals surface area (Å²) in [5.74, 6) is 0.457. The first kappa shape index (κ1) is 16.7. The number of nitrogens with zero attached hydrogens (tertiary/aromatic N) is 3. The van der Waals surface area contributed by atoms with Gasteiger partial charge < -0.3 is 20.4 Å². The highest BCUT2D eigenvalue weighted by molar-refractivity contribution is 5.78. The van der Waals surface area contributed by atoms with Crippen LogP contribution in [0.25, 0.3) is 0 Å². The van der Waals surface area contributed by atoms with Crippen LogP contribution in [0.3, 0.4) is 0 Å². The van der Waals surface area contributed by atoms with Crippen molar-refractivity contribution in [2.75, 3.05) is 47.3 Å². The molecule has 122 valence electrons. The van der Waals surface area contributed by atoms with Crippen molar-refractivity contribution in [1.29, 1.82) is 0 Å². The molecule has 5 heteroatoms. The van der Waals surface area contributed by atoms with E-state index < -0.39 is 0 Å². The van der Waals surface area contributed by atoms with Crippen molar-refractivity contribution in [3.05, 3.63) is 0 Å². The third kappa shape index (κ3) is 4.66. The van der Waals surface area contributed by atoms with E-state index in [1.165, 1.54) is 25.9 Å². The maximum Gasteiger partial charge on any atom is 0.225 e. The van der Waals surface area contributed by atoms with Gasteiger partial charge in [0, 0.05) is 38.1 Å². The number of piperidine rings is 1. The number of hydrogen-bond acceptors (Lipinski definition) is 4. The van der Waals surface area contributed by atoms with Gasteiger partial charge in [-0.3, -0.25) is 4.79 Å². The number of nitrogens with two attached hydrogens (primary N) is 1. The number of rotatable bonds is 5. The molecule has 5 nitrogen and oxygen atoms in total. The van der Waals surface area contributed by atoms with Crippen molar-refractivity contribution in [2.45, 2.75) is 44.2 Å². The van der Waals surface area contributed by atoms with Gasteiger partial charge in [0.15, 0.2) is 0 Å². The highest BCUT2D eigenvalue weighted by Gasteiger charge is 2.30. The van der Waals surface area contributed by atoms with Crippen LogP contribution in [-0.2, 0) is 4.79 Å². The molecule has 0 bridgehead atoms. The largest absolute Gasteiger partial charge is 0.344 e. The van der Waals surface area contributed by atoms with Gasteiger partial charge >= 0.3 is 0 Å². The molecule has 0 radical (unpaired) electrons. The summed E-state index contributed by atoms with van der Waals surface area (Å²) in [6, 6.07) is 0.902. The fourth-order valence-corrected chi connectivity index (χ4v) is 3.59. The number of hydrogen-bond donors (Lipinski definition) is 1. The predicted molar refractivity (Wildman–Crippen MR) is 86.1 cm³/mol. The number of carbonyl (C=O) groups is 1. The zero-order chi connectivity index (χ0) is 15.4. The highest BCUT2D eigenvalue weighted by Crippen LogP contribution is 2.25. The average Bonchev–Trinajstić information content (AvgIpc) is 2.91. The number of likely N-dealkylation sites (tertiary alicyclic amines) is 1. The molecule has 1 heterocycles. The first-order chi connectivity index (χ1) is 9.97. The molecule has 2 fully saturated rings. The van der Waals surface area contributed by atoms with Crippen LogP contribution in [0.5, 0.6) is 0 Å². The van der Waals surface area contributed by atoms with Crippen molar-refractivity contribution >= 4 is 5.91 Å². The average molecular weight is 296 g/mol. The molecule has 21 heavy (non-hydrogen) atoms. The minimum absolute atomic E-state index is 0.165. The molecular formula is C16H32N4O. The van der Waals surface area contributed by atoms with Gasteiger partial charge in [-0.05, 0) is 59.3 Å². The number of carbonyl (C=O) groups excluding carboxylic acids is 1. The Balaban J connectivity index is 1.70. The Morgan fingerprint density at radius 2 is 1.81 bits per heavy atom. The van der Waals surface area contributed by atoms with Crippen LogP contribution in [0.2, 0.25) is 0 Å². The second-order valence-electron chi connectivity index (χ2n) is 7.04. The Hall–Kier alpha value is -0.650. The molecule has 1 amide bonds. The third-order valence-electron chi connectivity index (χ3n) is 5.30. The Morgan fingerprint density at radius 1 is 1.14 bits per heavy atom. The van der Waals surface area contributed by atoms with E-state index in [0.717, 1.165) is 32.4 Å². The standard InChI is InChI=1S/C16H32N4O/c1-18-8-6-15(7-9-18)19(2)10-11-20(3)16(21)13-4-5-14(17)12-13/h13-15H,4-12,17H2,1-3H3. The van der Waals surface area contributed by atoms with E-state index in [2.05, 4.69) is 23.9 Å². The van der Waals surface area contributed by atoms with Gasteiger partial charge in [0.2, 0.25) is 5.91 Å². The summed E-state index contributed by atoms with van der Waals surface area (Å²) in [5, 5.41) is 0. The second kappa shape index (κ2) is 7.56. The molecule has 0 spiro atoms. The maximum absolute atomic E-state index is 12.4. The topological polar surface area (TPSA) is 52.8 Å². The van der Waals surface area contributed by atoms with Gasteiger partial charge in [-0.2, -0.15) is 0 Å². The van der Waals surface area contributed by atoms with Gasteiger partial charge in [-0.1, -0.05) is 0 Å². The van der Waals surface area contributed by atoms with Crippen LogP contribution in [0, 0.1) is 5.92 Å². The molecule has 2 aliphatic rings. The van der Waals surface area contributed by atoms with Crippen LogP contribution in [0.15, 0.2) is 0 Å². The summed E-state index contributed by atoms with van der Waals surface area (Å²) in [6.07, 6.45) is 5.31. The molecule has 0 aromatic carbocycles. The Labute approximate surface area is 129 Å². The van der Waals surface area contributed by atoms with Gasteiger partial charge in [-0.25, -0.2) is 0 Å². The van der Waals surface area contributed by atoms with Crippen molar-refractivity contribution in [2.24, 2.45) is 11.7 Å². The summed E-state index contributed by atoms with van der Waals surface area (Å²) in [7, 11) is 6.32.